The molecule has 1 atom stereocenters. The Morgan fingerprint density at radius 3 is 2.70 bits per heavy atom. The molecular formula is C15H23FN2O2. The molecule has 0 aliphatic rings. The summed E-state index contributed by atoms with van der Waals surface area (Å²) in [7, 11) is 1.75. The van der Waals surface area contributed by atoms with Gasteiger partial charge >= 0.3 is 0 Å². The van der Waals surface area contributed by atoms with E-state index in [9.17, 15) is 14.3 Å². The number of hydrogen-bond acceptors (Lipinski definition) is 3. The third-order valence-corrected chi connectivity index (χ3v) is 3.12. The van der Waals surface area contributed by atoms with Gasteiger partial charge in [-0.1, -0.05) is 6.92 Å². The number of aliphatic hydroxyl groups excluding tert-OH is 1. The van der Waals surface area contributed by atoms with Gasteiger partial charge in [0, 0.05) is 24.8 Å². The molecule has 1 aromatic rings. The summed E-state index contributed by atoms with van der Waals surface area (Å²) in [5, 5.41) is 12.5. The van der Waals surface area contributed by atoms with Crippen molar-refractivity contribution in [1.29, 1.82) is 0 Å². The number of nitrogens with one attached hydrogen (secondary N) is 1. The number of aryl methyl sites for hydroxylation is 1. The quantitative estimate of drug-likeness (QED) is 0.840. The highest BCUT2D eigenvalue weighted by Crippen LogP contribution is 2.28. The lowest BCUT2D eigenvalue weighted by Gasteiger charge is -2.24. The van der Waals surface area contributed by atoms with E-state index in [0.717, 1.165) is 6.42 Å². The molecule has 0 aliphatic carbocycles. The molecule has 0 unspecified atom stereocenters. The molecule has 2 N–H and O–H groups in total. The number of nitrogens with zero attached hydrogens (tertiary/aromatic N) is 1. The molecule has 0 fully saturated rings. The second kappa shape index (κ2) is 7.24. The molecule has 0 spiro atoms. The number of carbonyl (C=O) groups excluding carboxylic acids is 1. The number of halogens is 1. The summed E-state index contributed by atoms with van der Waals surface area (Å²) in [6.45, 7) is 6.04. The first-order valence-electron chi connectivity index (χ1n) is 6.82. The number of anilines is 1. The van der Waals surface area contributed by atoms with Gasteiger partial charge in [-0.3, -0.25) is 4.79 Å². The van der Waals surface area contributed by atoms with Crippen molar-refractivity contribution in [2.45, 2.75) is 33.3 Å². The lowest BCUT2D eigenvalue weighted by Crippen LogP contribution is -2.36. The SMILES string of the molecule is CCCNC(=O)CN(C)c1cc(C)c(F)cc1[C@@H](C)O. The number of benzene rings is 1. The monoisotopic (exact) mass is 282 g/mol. The van der Waals surface area contributed by atoms with Crippen LogP contribution in [0.2, 0.25) is 0 Å². The first kappa shape index (κ1) is 16.4. The maximum absolute atomic E-state index is 13.6. The Balaban J connectivity index is 2.94. The van der Waals surface area contributed by atoms with Crippen LogP contribution in [0.1, 0.15) is 37.5 Å². The molecule has 5 heteroatoms. The largest absolute Gasteiger partial charge is 0.389 e. The van der Waals surface area contributed by atoms with Crippen molar-refractivity contribution in [2.24, 2.45) is 0 Å². The first-order valence-corrected chi connectivity index (χ1v) is 6.82. The fourth-order valence-electron chi connectivity index (χ4n) is 1.97. The summed E-state index contributed by atoms with van der Waals surface area (Å²) in [6, 6.07) is 2.99. The van der Waals surface area contributed by atoms with Crippen LogP contribution in [0.3, 0.4) is 0 Å². The van der Waals surface area contributed by atoms with E-state index < -0.39 is 6.10 Å². The van der Waals surface area contributed by atoms with Gasteiger partial charge in [-0.05, 0) is 38.0 Å². The molecule has 1 amide bonds. The topological polar surface area (TPSA) is 52.6 Å². The van der Waals surface area contributed by atoms with Gasteiger partial charge in [0.2, 0.25) is 5.91 Å². The fourth-order valence-corrected chi connectivity index (χ4v) is 1.97. The highest BCUT2D eigenvalue weighted by molar-refractivity contribution is 5.81. The Labute approximate surface area is 119 Å². The van der Waals surface area contributed by atoms with E-state index in [-0.39, 0.29) is 18.3 Å². The van der Waals surface area contributed by atoms with Crippen molar-refractivity contribution in [1.82, 2.24) is 5.32 Å². The van der Waals surface area contributed by atoms with Crippen molar-refractivity contribution in [3.63, 3.8) is 0 Å². The Hall–Kier alpha value is -1.62. The molecule has 0 saturated heterocycles. The smallest absolute Gasteiger partial charge is 0.239 e. The molecule has 0 heterocycles. The minimum Gasteiger partial charge on any atom is -0.389 e. The Morgan fingerprint density at radius 1 is 1.50 bits per heavy atom. The fraction of sp³-hybridized carbons (Fsp3) is 0.533. The summed E-state index contributed by atoms with van der Waals surface area (Å²) in [4.78, 5) is 13.5. The summed E-state index contributed by atoms with van der Waals surface area (Å²) in [5.41, 5.74) is 1.65. The summed E-state index contributed by atoms with van der Waals surface area (Å²) >= 11 is 0. The number of aliphatic hydroxyl groups is 1. The van der Waals surface area contributed by atoms with Gasteiger partial charge in [0.15, 0.2) is 0 Å². The number of rotatable bonds is 6. The maximum Gasteiger partial charge on any atom is 0.239 e. The van der Waals surface area contributed by atoms with Crippen LogP contribution in [0.25, 0.3) is 0 Å². The lowest BCUT2D eigenvalue weighted by molar-refractivity contribution is -0.119. The van der Waals surface area contributed by atoms with Crippen LogP contribution in [0.4, 0.5) is 10.1 Å². The van der Waals surface area contributed by atoms with Crippen LogP contribution >= 0.6 is 0 Å². The Bertz CT molecular complexity index is 475. The lowest BCUT2D eigenvalue weighted by atomic mass is 10.0. The molecule has 20 heavy (non-hydrogen) atoms. The van der Waals surface area contributed by atoms with E-state index in [2.05, 4.69) is 5.32 Å². The summed E-state index contributed by atoms with van der Waals surface area (Å²) in [5.74, 6) is -0.443. The second-order valence-electron chi connectivity index (χ2n) is 5.04. The van der Waals surface area contributed by atoms with E-state index >= 15 is 0 Å². The number of likely N-dealkylation sites (N-methyl/N-ethyl adjacent to an activating group) is 1. The van der Waals surface area contributed by atoms with Crippen molar-refractivity contribution < 1.29 is 14.3 Å². The van der Waals surface area contributed by atoms with E-state index in [1.54, 1.807) is 31.9 Å². The highest BCUT2D eigenvalue weighted by atomic mass is 19.1. The zero-order valence-corrected chi connectivity index (χ0v) is 12.5. The van der Waals surface area contributed by atoms with Crippen LogP contribution in [0.5, 0.6) is 0 Å². The van der Waals surface area contributed by atoms with Gasteiger partial charge in [0.25, 0.3) is 0 Å². The molecule has 112 valence electrons. The normalized spacial score (nSPS) is 12.1. The first-order chi connectivity index (χ1) is 9.36. The standard InChI is InChI=1S/C15H23FN2O2/c1-5-6-17-15(20)9-18(4)14-7-10(2)13(16)8-12(14)11(3)19/h7-8,11,19H,5-6,9H2,1-4H3,(H,17,20)/t11-/m1/s1. The number of hydrogen-bond donors (Lipinski definition) is 2. The van der Waals surface area contributed by atoms with Crippen LogP contribution in [0, 0.1) is 12.7 Å². The van der Waals surface area contributed by atoms with Gasteiger partial charge < -0.3 is 15.3 Å². The van der Waals surface area contributed by atoms with E-state index in [1.165, 1.54) is 6.07 Å². The molecule has 0 bridgehead atoms. The van der Waals surface area contributed by atoms with Crippen molar-refractivity contribution in [3.05, 3.63) is 29.1 Å². The average Bonchev–Trinajstić information content (AvgIpc) is 2.38. The second-order valence-corrected chi connectivity index (χ2v) is 5.04. The minimum absolute atomic E-state index is 0.0899. The predicted octanol–water partition coefficient (Wildman–Crippen LogP) is 2.15. The third-order valence-electron chi connectivity index (χ3n) is 3.12. The van der Waals surface area contributed by atoms with Crippen molar-refractivity contribution >= 4 is 11.6 Å². The third kappa shape index (κ3) is 4.20. The van der Waals surface area contributed by atoms with E-state index in [4.69, 9.17) is 0 Å². The molecule has 1 aromatic carbocycles. The molecule has 0 aromatic heterocycles. The molecule has 1 rings (SSSR count). The zero-order chi connectivity index (χ0) is 15.3. The number of carbonyl (C=O) groups is 1. The average molecular weight is 282 g/mol. The summed E-state index contributed by atoms with van der Waals surface area (Å²) in [6.07, 6.45) is 0.0885. The maximum atomic E-state index is 13.6. The molecule has 4 nitrogen and oxygen atoms in total. The Morgan fingerprint density at radius 2 is 2.15 bits per heavy atom. The van der Waals surface area contributed by atoms with Crippen molar-refractivity contribution in [3.8, 4) is 0 Å². The highest BCUT2D eigenvalue weighted by Gasteiger charge is 2.16. The number of amides is 1. The molecule has 0 aliphatic heterocycles. The molecular weight excluding hydrogens is 259 g/mol. The van der Waals surface area contributed by atoms with Gasteiger partial charge in [-0.15, -0.1) is 0 Å². The van der Waals surface area contributed by atoms with Crippen LogP contribution in [0.15, 0.2) is 12.1 Å². The minimum atomic E-state index is -0.791. The summed E-state index contributed by atoms with van der Waals surface area (Å²) < 4.78 is 13.6. The van der Waals surface area contributed by atoms with Gasteiger partial charge in [0.1, 0.15) is 5.82 Å². The van der Waals surface area contributed by atoms with Crippen molar-refractivity contribution in [2.75, 3.05) is 25.0 Å². The Kier molecular flexibility index (Phi) is 5.95. The van der Waals surface area contributed by atoms with Gasteiger partial charge in [-0.25, -0.2) is 4.39 Å². The van der Waals surface area contributed by atoms with Crippen LogP contribution in [-0.4, -0.2) is 31.2 Å². The van der Waals surface area contributed by atoms with Crippen LogP contribution < -0.4 is 10.2 Å². The predicted molar refractivity (Wildman–Crippen MR) is 78.3 cm³/mol. The van der Waals surface area contributed by atoms with Gasteiger partial charge in [0.05, 0.1) is 12.6 Å². The van der Waals surface area contributed by atoms with Gasteiger partial charge in [-0.2, -0.15) is 0 Å². The van der Waals surface area contributed by atoms with E-state index in [0.29, 0.717) is 23.4 Å². The zero-order valence-electron chi connectivity index (χ0n) is 12.5. The van der Waals surface area contributed by atoms with Crippen LogP contribution in [-0.2, 0) is 4.79 Å². The molecule has 0 saturated carbocycles. The molecule has 0 radical (unpaired) electrons. The van der Waals surface area contributed by atoms with E-state index in [1.807, 2.05) is 6.92 Å².